The van der Waals surface area contributed by atoms with Gasteiger partial charge in [-0.25, -0.2) is 0 Å². The van der Waals surface area contributed by atoms with Crippen molar-refractivity contribution in [1.82, 2.24) is 0 Å². The van der Waals surface area contributed by atoms with Gasteiger partial charge in [-0.05, 0) is 42.5 Å². The third kappa shape index (κ3) is 2.54. The number of phenols is 2. The van der Waals surface area contributed by atoms with E-state index in [-0.39, 0.29) is 11.5 Å². The molecule has 0 unspecified atom stereocenters. The minimum Gasteiger partial charge on any atom is -0.508 e. The first-order valence-electron chi connectivity index (χ1n) is 9.20. The van der Waals surface area contributed by atoms with E-state index in [9.17, 15) is 10.2 Å². The van der Waals surface area contributed by atoms with Crippen LogP contribution >= 0.6 is 0 Å². The number of phenolic OH excluding ortho intramolecular Hbond substituents is 2. The van der Waals surface area contributed by atoms with Crippen LogP contribution in [0.4, 0.5) is 0 Å². The van der Waals surface area contributed by atoms with Crippen molar-refractivity contribution in [3.63, 3.8) is 0 Å². The third-order valence-electron chi connectivity index (χ3n) is 5.38. The monoisotopic (exact) mass is 364 g/mol. The van der Waals surface area contributed by atoms with Crippen molar-refractivity contribution < 1.29 is 24.4 Å². The van der Waals surface area contributed by atoms with Crippen LogP contribution in [0.25, 0.3) is 10.8 Å². The number of hydrogen-bond donors (Lipinski definition) is 2. The number of fused-ring (bicyclic) bond motifs is 3. The second kappa shape index (κ2) is 6.15. The standard InChI is InChI=1S/C22H20O5/c23-16-9-10-19(21-15(16)6-3-11-22(21)25-12-13-26-22)27-18-8-2-5-14-4-1-7-17(24)20(14)18/h1-2,4-5,7-10,23-24H,3,6,11-13H2. The molecule has 1 heterocycles. The summed E-state index contributed by atoms with van der Waals surface area (Å²) in [6.07, 6.45) is 2.34. The van der Waals surface area contributed by atoms with Gasteiger partial charge in [-0.15, -0.1) is 0 Å². The zero-order valence-corrected chi connectivity index (χ0v) is 14.8. The van der Waals surface area contributed by atoms with Gasteiger partial charge < -0.3 is 24.4 Å². The molecule has 1 aliphatic heterocycles. The van der Waals surface area contributed by atoms with E-state index in [0.717, 1.165) is 35.8 Å². The first-order valence-corrected chi connectivity index (χ1v) is 9.20. The Kier molecular flexibility index (Phi) is 3.74. The molecule has 1 spiro atoms. The molecule has 5 rings (SSSR count). The molecule has 5 heteroatoms. The Morgan fingerprint density at radius 2 is 1.63 bits per heavy atom. The lowest BCUT2D eigenvalue weighted by atomic mass is 9.85. The summed E-state index contributed by atoms with van der Waals surface area (Å²) >= 11 is 0. The Labute approximate surface area is 156 Å². The van der Waals surface area contributed by atoms with E-state index in [1.807, 2.05) is 24.3 Å². The van der Waals surface area contributed by atoms with E-state index in [2.05, 4.69) is 0 Å². The third-order valence-corrected chi connectivity index (χ3v) is 5.38. The highest BCUT2D eigenvalue weighted by atomic mass is 16.7. The number of aromatic hydroxyl groups is 2. The molecule has 2 aliphatic rings. The topological polar surface area (TPSA) is 68.2 Å². The van der Waals surface area contributed by atoms with E-state index in [1.165, 1.54) is 0 Å². The van der Waals surface area contributed by atoms with Crippen molar-refractivity contribution in [1.29, 1.82) is 0 Å². The lowest BCUT2D eigenvalue weighted by molar-refractivity contribution is -0.176. The van der Waals surface area contributed by atoms with Gasteiger partial charge in [0.2, 0.25) is 0 Å². The van der Waals surface area contributed by atoms with Gasteiger partial charge in [0.25, 0.3) is 0 Å². The van der Waals surface area contributed by atoms with Crippen LogP contribution in [0.5, 0.6) is 23.0 Å². The molecule has 0 saturated carbocycles. The molecule has 3 aromatic carbocycles. The Morgan fingerprint density at radius 3 is 2.44 bits per heavy atom. The van der Waals surface area contributed by atoms with Crippen molar-refractivity contribution >= 4 is 10.8 Å². The highest BCUT2D eigenvalue weighted by molar-refractivity contribution is 5.93. The number of hydrogen-bond acceptors (Lipinski definition) is 5. The maximum absolute atomic E-state index is 10.4. The van der Waals surface area contributed by atoms with Crippen LogP contribution in [0.15, 0.2) is 48.5 Å². The lowest BCUT2D eigenvalue weighted by Crippen LogP contribution is -2.32. The van der Waals surface area contributed by atoms with Crippen LogP contribution in [-0.2, 0) is 21.7 Å². The first kappa shape index (κ1) is 16.4. The molecular weight excluding hydrogens is 344 g/mol. The van der Waals surface area contributed by atoms with E-state index >= 15 is 0 Å². The minimum absolute atomic E-state index is 0.166. The Morgan fingerprint density at radius 1 is 0.852 bits per heavy atom. The maximum atomic E-state index is 10.4. The van der Waals surface area contributed by atoms with Crippen molar-refractivity contribution in [2.24, 2.45) is 0 Å². The molecule has 138 valence electrons. The summed E-state index contributed by atoms with van der Waals surface area (Å²) in [5, 5.41) is 22.3. The van der Waals surface area contributed by atoms with Gasteiger partial charge >= 0.3 is 0 Å². The summed E-state index contributed by atoms with van der Waals surface area (Å²) < 4.78 is 18.3. The first-order chi connectivity index (χ1) is 13.2. The van der Waals surface area contributed by atoms with Gasteiger partial charge in [0.05, 0.1) is 24.2 Å². The van der Waals surface area contributed by atoms with E-state index in [4.69, 9.17) is 14.2 Å². The molecule has 0 amide bonds. The van der Waals surface area contributed by atoms with E-state index in [0.29, 0.717) is 30.1 Å². The molecule has 1 aliphatic carbocycles. The van der Waals surface area contributed by atoms with E-state index in [1.54, 1.807) is 24.3 Å². The average molecular weight is 364 g/mol. The van der Waals surface area contributed by atoms with Crippen molar-refractivity contribution in [3.05, 3.63) is 59.7 Å². The van der Waals surface area contributed by atoms with Crippen LogP contribution in [0.3, 0.4) is 0 Å². The second-order valence-corrected chi connectivity index (χ2v) is 6.97. The number of benzene rings is 3. The minimum atomic E-state index is -0.867. The number of ether oxygens (including phenoxy) is 3. The average Bonchev–Trinajstić information content (AvgIpc) is 3.13. The molecule has 1 saturated heterocycles. The summed E-state index contributed by atoms with van der Waals surface area (Å²) in [4.78, 5) is 0. The van der Waals surface area contributed by atoms with Gasteiger partial charge in [0, 0.05) is 12.0 Å². The van der Waals surface area contributed by atoms with Gasteiger partial charge in [0.15, 0.2) is 5.79 Å². The predicted octanol–water partition coefficient (Wildman–Crippen LogP) is 4.58. The Bertz CT molecular complexity index is 1020. The fourth-order valence-electron chi connectivity index (χ4n) is 4.23. The molecule has 0 radical (unpaired) electrons. The largest absolute Gasteiger partial charge is 0.508 e. The van der Waals surface area contributed by atoms with Crippen molar-refractivity contribution in [2.45, 2.75) is 25.0 Å². The quantitative estimate of drug-likeness (QED) is 0.697. The summed E-state index contributed by atoms with van der Waals surface area (Å²) in [5.41, 5.74) is 1.57. The normalized spacial score (nSPS) is 17.9. The van der Waals surface area contributed by atoms with Crippen LogP contribution in [0.2, 0.25) is 0 Å². The predicted molar refractivity (Wildman–Crippen MR) is 100 cm³/mol. The molecule has 1 fully saturated rings. The SMILES string of the molecule is Oc1ccc(Oc2cccc3cccc(O)c23)c2c1CCCC21OCCO1. The van der Waals surface area contributed by atoms with Gasteiger partial charge in [-0.1, -0.05) is 24.3 Å². The fourth-order valence-corrected chi connectivity index (χ4v) is 4.23. The smallest absolute Gasteiger partial charge is 0.199 e. The van der Waals surface area contributed by atoms with Gasteiger partial charge in [-0.2, -0.15) is 0 Å². The fraction of sp³-hybridized carbons (Fsp3) is 0.273. The molecule has 2 N–H and O–H groups in total. The van der Waals surface area contributed by atoms with Gasteiger partial charge in [0.1, 0.15) is 23.0 Å². The molecule has 0 atom stereocenters. The summed E-state index contributed by atoms with van der Waals surface area (Å²) in [5.74, 6) is 0.668. The van der Waals surface area contributed by atoms with Crippen LogP contribution in [0, 0.1) is 0 Å². The molecule has 5 nitrogen and oxygen atoms in total. The van der Waals surface area contributed by atoms with Crippen molar-refractivity contribution in [3.8, 4) is 23.0 Å². The van der Waals surface area contributed by atoms with Crippen LogP contribution in [-0.4, -0.2) is 23.4 Å². The summed E-state index contributed by atoms with van der Waals surface area (Å²) in [6, 6.07) is 14.4. The van der Waals surface area contributed by atoms with Crippen LogP contribution < -0.4 is 4.74 Å². The van der Waals surface area contributed by atoms with Gasteiger partial charge in [-0.3, -0.25) is 0 Å². The summed E-state index contributed by atoms with van der Waals surface area (Å²) in [6.45, 7) is 1.03. The zero-order chi connectivity index (χ0) is 18.4. The van der Waals surface area contributed by atoms with Crippen molar-refractivity contribution in [2.75, 3.05) is 13.2 Å². The summed E-state index contributed by atoms with van der Waals surface area (Å²) in [7, 11) is 0. The lowest BCUT2D eigenvalue weighted by Gasteiger charge is -2.35. The number of rotatable bonds is 2. The molecule has 0 bridgehead atoms. The molecular formula is C22H20O5. The highest BCUT2D eigenvalue weighted by Crippen LogP contribution is 2.50. The highest BCUT2D eigenvalue weighted by Gasteiger charge is 2.45. The molecule has 27 heavy (non-hydrogen) atoms. The zero-order valence-electron chi connectivity index (χ0n) is 14.8. The maximum Gasteiger partial charge on any atom is 0.199 e. The Balaban J connectivity index is 1.68. The van der Waals surface area contributed by atoms with Crippen LogP contribution in [0.1, 0.15) is 24.0 Å². The van der Waals surface area contributed by atoms with E-state index < -0.39 is 5.79 Å². The Hall–Kier alpha value is -2.76. The molecule has 0 aromatic heterocycles. The molecule has 3 aromatic rings. The second-order valence-electron chi connectivity index (χ2n) is 6.97.